The summed E-state index contributed by atoms with van der Waals surface area (Å²) in [5.74, 6) is 0.223. The van der Waals surface area contributed by atoms with E-state index in [9.17, 15) is 8.42 Å². The van der Waals surface area contributed by atoms with E-state index >= 15 is 0 Å². The van der Waals surface area contributed by atoms with Crippen LogP contribution in [-0.2, 0) is 10.0 Å². The highest BCUT2D eigenvalue weighted by atomic mass is 32.2. The van der Waals surface area contributed by atoms with Gasteiger partial charge in [-0.15, -0.1) is 0 Å². The lowest BCUT2D eigenvalue weighted by atomic mass is 10.4. The van der Waals surface area contributed by atoms with Crippen molar-refractivity contribution >= 4 is 27.2 Å². The molecule has 1 saturated carbocycles. The zero-order chi connectivity index (χ0) is 11.5. The molecule has 0 amide bonds. The quantitative estimate of drug-likeness (QED) is 0.681. The number of rotatable bonds is 7. The minimum atomic E-state index is -3.09. The van der Waals surface area contributed by atoms with Crippen LogP contribution in [0.5, 0.6) is 0 Å². The third-order valence-electron chi connectivity index (χ3n) is 2.35. The van der Waals surface area contributed by atoms with E-state index in [1.807, 2.05) is 6.92 Å². The van der Waals surface area contributed by atoms with E-state index in [4.69, 9.17) is 18.0 Å². The second kappa shape index (κ2) is 5.23. The highest BCUT2D eigenvalue weighted by molar-refractivity contribution is 7.89. The molecule has 4 nitrogen and oxygen atoms in total. The first kappa shape index (κ1) is 12.9. The molecule has 0 aromatic carbocycles. The minimum Gasteiger partial charge on any atom is -0.393 e. The van der Waals surface area contributed by atoms with Gasteiger partial charge in [0.1, 0.15) is 0 Å². The second-order valence-electron chi connectivity index (χ2n) is 3.87. The first-order chi connectivity index (χ1) is 6.97. The van der Waals surface area contributed by atoms with Gasteiger partial charge in [-0.3, -0.25) is 0 Å². The standard InChI is InChI=1S/C9H18N2O2S2/c1-2-7-15(12,13)11(8-3-4-8)6-5-9(10)14/h8H,2-7H2,1H3,(H2,10,14). The molecule has 1 rings (SSSR count). The molecule has 15 heavy (non-hydrogen) atoms. The molecule has 0 radical (unpaired) electrons. The van der Waals surface area contributed by atoms with Gasteiger partial charge >= 0.3 is 0 Å². The number of nitrogens with two attached hydrogens (primary N) is 1. The summed E-state index contributed by atoms with van der Waals surface area (Å²) in [6, 6.07) is 0.205. The highest BCUT2D eigenvalue weighted by Gasteiger charge is 2.36. The summed E-state index contributed by atoms with van der Waals surface area (Å²) in [5, 5.41) is 0. The summed E-state index contributed by atoms with van der Waals surface area (Å²) >= 11 is 4.76. The SMILES string of the molecule is CCCS(=O)(=O)N(CCC(N)=S)C1CC1. The summed E-state index contributed by atoms with van der Waals surface area (Å²) in [6.07, 6.45) is 3.08. The van der Waals surface area contributed by atoms with Gasteiger partial charge in [0, 0.05) is 19.0 Å². The molecule has 2 N–H and O–H groups in total. The molecule has 0 spiro atoms. The van der Waals surface area contributed by atoms with Crippen molar-refractivity contribution in [3.63, 3.8) is 0 Å². The molecule has 0 saturated heterocycles. The Morgan fingerprint density at radius 1 is 1.53 bits per heavy atom. The van der Waals surface area contributed by atoms with Crippen LogP contribution in [0.25, 0.3) is 0 Å². The monoisotopic (exact) mass is 250 g/mol. The summed E-state index contributed by atoms with van der Waals surface area (Å²) in [5.41, 5.74) is 5.39. The van der Waals surface area contributed by atoms with Crippen LogP contribution in [0.4, 0.5) is 0 Å². The number of sulfonamides is 1. The Labute approximate surface area is 96.9 Å². The van der Waals surface area contributed by atoms with Gasteiger partial charge in [-0.05, 0) is 19.3 Å². The van der Waals surface area contributed by atoms with Crippen molar-refractivity contribution in [3.8, 4) is 0 Å². The maximum Gasteiger partial charge on any atom is 0.214 e. The van der Waals surface area contributed by atoms with Gasteiger partial charge in [0.15, 0.2) is 0 Å². The fourth-order valence-electron chi connectivity index (χ4n) is 1.51. The third kappa shape index (κ3) is 4.04. The zero-order valence-corrected chi connectivity index (χ0v) is 10.6. The summed E-state index contributed by atoms with van der Waals surface area (Å²) in [4.78, 5) is 0.382. The lowest BCUT2D eigenvalue weighted by molar-refractivity contribution is 0.413. The second-order valence-corrected chi connectivity index (χ2v) is 6.44. The average Bonchev–Trinajstić information content (AvgIpc) is 2.87. The minimum absolute atomic E-state index is 0.205. The molecule has 0 heterocycles. The Bertz CT molecular complexity index is 323. The van der Waals surface area contributed by atoms with Crippen LogP contribution in [0.15, 0.2) is 0 Å². The first-order valence-electron chi connectivity index (χ1n) is 5.25. The Kier molecular flexibility index (Phi) is 4.48. The van der Waals surface area contributed by atoms with E-state index in [-0.39, 0.29) is 11.8 Å². The normalized spacial score (nSPS) is 16.9. The molecule has 1 aliphatic rings. The van der Waals surface area contributed by atoms with Gasteiger partial charge in [-0.2, -0.15) is 4.31 Å². The van der Waals surface area contributed by atoms with Gasteiger partial charge < -0.3 is 5.73 Å². The van der Waals surface area contributed by atoms with Crippen molar-refractivity contribution in [1.29, 1.82) is 0 Å². The molecule has 1 fully saturated rings. The van der Waals surface area contributed by atoms with E-state index in [1.165, 1.54) is 0 Å². The molecule has 0 unspecified atom stereocenters. The molecule has 88 valence electrons. The molecule has 0 aromatic rings. The maximum atomic E-state index is 11.9. The predicted octanol–water partition coefficient (Wildman–Crippen LogP) is 0.867. The molecular formula is C9H18N2O2S2. The molecule has 0 aromatic heterocycles. The molecule has 0 atom stereocenters. The Morgan fingerprint density at radius 3 is 2.53 bits per heavy atom. The van der Waals surface area contributed by atoms with Gasteiger partial charge in [0.2, 0.25) is 10.0 Å². The van der Waals surface area contributed by atoms with Crippen molar-refractivity contribution in [3.05, 3.63) is 0 Å². The van der Waals surface area contributed by atoms with Crippen molar-refractivity contribution in [2.75, 3.05) is 12.3 Å². The van der Waals surface area contributed by atoms with E-state index in [1.54, 1.807) is 4.31 Å². The summed E-state index contributed by atoms with van der Waals surface area (Å²) in [6.45, 7) is 2.32. The smallest absolute Gasteiger partial charge is 0.214 e. The van der Waals surface area contributed by atoms with Crippen molar-refractivity contribution in [1.82, 2.24) is 4.31 Å². The lowest BCUT2D eigenvalue weighted by Gasteiger charge is -2.21. The maximum absolute atomic E-state index is 11.9. The highest BCUT2D eigenvalue weighted by Crippen LogP contribution is 2.29. The number of hydrogen-bond donors (Lipinski definition) is 1. The largest absolute Gasteiger partial charge is 0.393 e. The Hall–Kier alpha value is -0.200. The Morgan fingerprint density at radius 2 is 2.13 bits per heavy atom. The molecular weight excluding hydrogens is 232 g/mol. The van der Waals surface area contributed by atoms with Crippen LogP contribution in [0.2, 0.25) is 0 Å². The van der Waals surface area contributed by atoms with E-state index in [2.05, 4.69) is 0 Å². The molecule has 1 aliphatic carbocycles. The van der Waals surface area contributed by atoms with Crippen LogP contribution in [0.1, 0.15) is 32.6 Å². The fraction of sp³-hybridized carbons (Fsp3) is 0.889. The Balaban J connectivity index is 2.60. The van der Waals surface area contributed by atoms with E-state index < -0.39 is 10.0 Å². The van der Waals surface area contributed by atoms with Gasteiger partial charge in [0.25, 0.3) is 0 Å². The zero-order valence-electron chi connectivity index (χ0n) is 8.98. The molecule has 0 bridgehead atoms. The summed E-state index contributed by atoms with van der Waals surface area (Å²) < 4.78 is 25.3. The number of thiocarbonyl (C=S) groups is 1. The van der Waals surface area contributed by atoms with Crippen molar-refractivity contribution < 1.29 is 8.42 Å². The van der Waals surface area contributed by atoms with Gasteiger partial charge in [0.05, 0.1) is 10.7 Å². The molecule has 6 heteroatoms. The lowest BCUT2D eigenvalue weighted by Crippen LogP contribution is -2.37. The summed E-state index contributed by atoms with van der Waals surface area (Å²) in [7, 11) is -3.09. The molecule has 0 aliphatic heterocycles. The van der Waals surface area contributed by atoms with Crippen molar-refractivity contribution in [2.45, 2.75) is 38.6 Å². The topological polar surface area (TPSA) is 63.4 Å². The predicted molar refractivity (Wildman–Crippen MR) is 65.2 cm³/mol. The van der Waals surface area contributed by atoms with Crippen molar-refractivity contribution in [2.24, 2.45) is 5.73 Å². The average molecular weight is 250 g/mol. The van der Waals surface area contributed by atoms with E-state index in [0.717, 1.165) is 12.8 Å². The fourth-order valence-corrected chi connectivity index (χ4v) is 3.38. The van der Waals surface area contributed by atoms with Crippen LogP contribution < -0.4 is 5.73 Å². The number of hydrogen-bond acceptors (Lipinski definition) is 3. The van der Waals surface area contributed by atoms with E-state index in [0.29, 0.717) is 24.4 Å². The van der Waals surface area contributed by atoms with Crippen LogP contribution in [0.3, 0.4) is 0 Å². The van der Waals surface area contributed by atoms with Crippen LogP contribution >= 0.6 is 12.2 Å². The number of nitrogens with zero attached hydrogens (tertiary/aromatic N) is 1. The third-order valence-corrected chi connectivity index (χ3v) is 4.68. The van der Waals surface area contributed by atoms with Crippen LogP contribution in [-0.4, -0.2) is 36.1 Å². The van der Waals surface area contributed by atoms with Gasteiger partial charge in [-0.25, -0.2) is 8.42 Å². The van der Waals surface area contributed by atoms with Crippen LogP contribution in [0, 0.1) is 0 Å². The van der Waals surface area contributed by atoms with Gasteiger partial charge in [-0.1, -0.05) is 19.1 Å². The first-order valence-corrected chi connectivity index (χ1v) is 7.27.